The second-order valence-corrected chi connectivity index (χ2v) is 3.89. The van der Waals surface area contributed by atoms with Gasteiger partial charge in [0.2, 0.25) is 0 Å². The molecule has 0 aliphatic carbocycles. The third-order valence-corrected chi connectivity index (χ3v) is 2.64. The van der Waals surface area contributed by atoms with Crippen LogP contribution in [0.4, 0.5) is 5.69 Å². The van der Waals surface area contributed by atoms with E-state index in [1.807, 2.05) is 0 Å². The number of non-ortho nitro benzene ring substituents is 1. The molecule has 1 aromatic rings. The van der Waals surface area contributed by atoms with Crippen molar-refractivity contribution >= 4 is 34.4 Å². The highest BCUT2D eigenvalue weighted by Crippen LogP contribution is 2.14. The Bertz CT molecular complexity index is 364. The smallest absolute Gasteiger partial charge is 0.258 e. The lowest BCUT2D eigenvalue weighted by molar-refractivity contribution is -0.384. The van der Waals surface area contributed by atoms with Crippen LogP contribution in [0, 0.1) is 10.1 Å². The Hall–Kier alpha value is -1.00. The van der Waals surface area contributed by atoms with E-state index in [2.05, 4.69) is 0 Å². The average Bonchev–Trinajstić information content (AvgIpc) is 2.26. The van der Waals surface area contributed by atoms with Gasteiger partial charge >= 0.3 is 0 Å². The number of nitrogens with zero attached hydrogens (tertiary/aromatic N) is 1. The molecule has 0 aliphatic rings. The van der Waals surface area contributed by atoms with Gasteiger partial charge in [0.05, 0.1) is 4.92 Å². The first-order valence-electron chi connectivity index (χ1n) is 4.49. The third kappa shape index (κ3) is 3.57. The lowest BCUT2D eigenvalue weighted by Crippen LogP contribution is -1.98. The monoisotopic (exact) mass is 243 g/mol. The summed E-state index contributed by atoms with van der Waals surface area (Å²) in [5.41, 5.74) is 0.944. The molecule has 0 spiro atoms. The first-order chi connectivity index (χ1) is 7.15. The number of hydrogen-bond donors (Lipinski definition) is 0. The summed E-state index contributed by atoms with van der Waals surface area (Å²) in [4.78, 5) is 10.8. The van der Waals surface area contributed by atoms with Crippen LogP contribution in [0.2, 0.25) is 0 Å². The van der Waals surface area contributed by atoms with E-state index >= 15 is 0 Å². The molecule has 15 heavy (non-hydrogen) atoms. The number of alkyl halides is 1. The van der Waals surface area contributed by atoms with Crippen LogP contribution in [0.5, 0.6) is 0 Å². The highest BCUT2D eigenvalue weighted by Gasteiger charge is 2.06. The molecule has 0 N–H and O–H groups in total. The Morgan fingerprint density at radius 1 is 1.40 bits per heavy atom. The molecular formula is C10H10ClNO2S. The molecule has 1 aromatic carbocycles. The van der Waals surface area contributed by atoms with Crippen LogP contribution in [0.15, 0.2) is 24.3 Å². The first kappa shape index (κ1) is 12.1. The number of benzene rings is 1. The highest BCUT2D eigenvalue weighted by atomic mass is 35.5. The molecule has 0 unspecified atom stereocenters. The molecule has 0 heterocycles. The predicted molar refractivity (Wildman–Crippen MR) is 64.8 cm³/mol. The van der Waals surface area contributed by atoms with E-state index in [9.17, 15) is 10.1 Å². The summed E-state index contributed by atoms with van der Waals surface area (Å²) >= 11 is 10.7. The van der Waals surface area contributed by atoms with E-state index in [4.69, 9.17) is 23.8 Å². The van der Waals surface area contributed by atoms with Gasteiger partial charge in [-0.3, -0.25) is 10.1 Å². The largest absolute Gasteiger partial charge is 0.269 e. The minimum absolute atomic E-state index is 0.0823. The Balaban J connectivity index is 2.71. The number of hydrogen-bond acceptors (Lipinski definition) is 3. The zero-order valence-corrected chi connectivity index (χ0v) is 9.55. The van der Waals surface area contributed by atoms with E-state index in [0.29, 0.717) is 5.88 Å². The van der Waals surface area contributed by atoms with Gasteiger partial charge in [-0.15, -0.1) is 11.6 Å². The maximum Gasteiger partial charge on any atom is 0.269 e. The summed E-state index contributed by atoms with van der Waals surface area (Å²) in [5.74, 6) is 0.577. The molecule has 0 fully saturated rings. The van der Waals surface area contributed by atoms with Gasteiger partial charge in [0.25, 0.3) is 5.69 Å². The van der Waals surface area contributed by atoms with Gasteiger partial charge in [0.15, 0.2) is 0 Å². The molecule has 80 valence electrons. The summed E-state index contributed by atoms with van der Waals surface area (Å²) < 4.78 is 0. The summed E-state index contributed by atoms with van der Waals surface area (Å²) in [6.07, 6.45) is 1.58. The molecule has 0 aliphatic heterocycles. The van der Waals surface area contributed by atoms with Crippen molar-refractivity contribution < 1.29 is 4.92 Å². The lowest BCUT2D eigenvalue weighted by Gasteiger charge is -2.01. The summed E-state index contributed by atoms with van der Waals surface area (Å²) in [7, 11) is 0. The number of rotatable bonds is 5. The molecule has 0 radical (unpaired) electrons. The molecule has 0 atom stereocenters. The van der Waals surface area contributed by atoms with Crippen LogP contribution in [0.3, 0.4) is 0 Å². The number of halogens is 1. The molecule has 5 heteroatoms. The van der Waals surface area contributed by atoms with Crippen molar-refractivity contribution in [3.63, 3.8) is 0 Å². The minimum atomic E-state index is -0.425. The van der Waals surface area contributed by atoms with Crippen LogP contribution < -0.4 is 0 Å². The quantitative estimate of drug-likeness (QED) is 0.262. The summed E-state index contributed by atoms with van der Waals surface area (Å²) in [5, 5.41) is 10.4. The van der Waals surface area contributed by atoms with Crippen LogP contribution in [0.1, 0.15) is 18.4 Å². The van der Waals surface area contributed by atoms with Gasteiger partial charge < -0.3 is 0 Å². The second kappa shape index (κ2) is 5.78. The van der Waals surface area contributed by atoms with E-state index in [1.165, 1.54) is 12.1 Å². The molecule has 0 saturated heterocycles. The SMILES string of the molecule is O=[N+]([O-])c1ccc(C(=S)CCCCl)cc1. The zero-order chi connectivity index (χ0) is 11.3. The number of nitro benzene ring substituents is 1. The molecule has 0 bridgehead atoms. The maximum absolute atomic E-state index is 10.4. The Morgan fingerprint density at radius 2 is 2.00 bits per heavy atom. The number of thiocarbonyl (C=S) groups is 1. The van der Waals surface area contributed by atoms with E-state index in [1.54, 1.807) is 12.1 Å². The fourth-order valence-electron chi connectivity index (χ4n) is 1.14. The van der Waals surface area contributed by atoms with Crippen molar-refractivity contribution in [2.45, 2.75) is 12.8 Å². The first-order valence-corrected chi connectivity index (χ1v) is 5.43. The highest BCUT2D eigenvalue weighted by molar-refractivity contribution is 7.80. The van der Waals surface area contributed by atoms with Gasteiger partial charge in [-0.1, -0.05) is 12.2 Å². The van der Waals surface area contributed by atoms with Gasteiger partial charge in [-0.25, -0.2) is 0 Å². The van der Waals surface area contributed by atoms with Crippen molar-refractivity contribution in [3.05, 3.63) is 39.9 Å². The fourth-order valence-corrected chi connectivity index (χ4v) is 1.55. The maximum atomic E-state index is 10.4. The van der Waals surface area contributed by atoms with Crippen LogP contribution in [-0.4, -0.2) is 15.7 Å². The van der Waals surface area contributed by atoms with Crippen molar-refractivity contribution in [1.29, 1.82) is 0 Å². The zero-order valence-electron chi connectivity index (χ0n) is 7.98. The van der Waals surface area contributed by atoms with Gasteiger partial charge in [-0.2, -0.15) is 0 Å². The molecular weight excluding hydrogens is 234 g/mol. The summed E-state index contributed by atoms with van der Waals surface area (Å²) in [6.45, 7) is 0. The standard InChI is InChI=1S/C10H10ClNO2S/c11-7-1-2-10(15)8-3-5-9(6-4-8)12(13)14/h3-6H,1-2,7H2. The number of nitro groups is 1. The second-order valence-electron chi connectivity index (χ2n) is 3.02. The molecule has 0 saturated carbocycles. The van der Waals surface area contributed by atoms with Crippen molar-refractivity contribution in [1.82, 2.24) is 0 Å². The van der Waals surface area contributed by atoms with Gasteiger partial charge in [-0.05, 0) is 30.5 Å². The van der Waals surface area contributed by atoms with Gasteiger partial charge in [0, 0.05) is 22.9 Å². The molecule has 1 rings (SSSR count). The Morgan fingerprint density at radius 3 is 2.47 bits per heavy atom. The average molecular weight is 244 g/mol. The normalized spacial score (nSPS) is 9.93. The Labute approximate surface area is 98.2 Å². The van der Waals surface area contributed by atoms with Crippen molar-refractivity contribution in [2.24, 2.45) is 0 Å². The third-order valence-electron chi connectivity index (χ3n) is 1.94. The summed E-state index contributed by atoms with van der Waals surface area (Å²) in [6, 6.07) is 6.27. The Kier molecular flexibility index (Phi) is 4.65. The van der Waals surface area contributed by atoms with E-state index in [0.717, 1.165) is 23.3 Å². The van der Waals surface area contributed by atoms with Crippen LogP contribution in [-0.2, 0) is 0 Å². The van der Waals surface area contributed by atoms with Crippen LogP contribution >= 0.6 is 23.8 Å². The lowest BCUT2D eigenvalue weighted by atomic mass is 10.1. The molecule has 0 aromatic heterocycles. The van der Waals surface area contributed by atoms with Crippen molar-refractivity contribution in [2.75, 3.05) is 5.88 Å². The van der Waals surface area contributed by atoms with E-state index in [-0.39, 0.29) is 5.69 Å². The van der Waals surface area contributed by atoms with Gasteiger partial charge in [0.1, 0.15) is 0 Å². The fraction of sp³-hybridized carbons (Fsp3) is 0.300. The predicted octanol–water partition coefficient (Wildman–Crippen LogP) is 3.33. The van der Waals surface area contributed by atoms with E-state index < -0.39 is 4.92 Å². The molecule has 0 amide bonds. The topological polar surface area (TPSA) is 43.1 Å². The van der Waals surface area contributed by atoms with Crippen LogP contribution in [0.25, 0.3) is 0 Å². The molecule has 3 nitrogen and oxygen atoms in total. The minimum Gasteiger partial charge on any atom is -0.258 e. The van der Waals surface area contributed by atoms with Crippen molar-refractivity contribution in [3.8, 4) is 0 Å².